The van der Waals surface area contributed by atoms with Gasteiger partial charge in [0.1, 0.15) is 47.8 Å². The molecule has 9 amide bonds. The Kier molecular flexibility index (Phi) is 26.3. The number of carbonyl (C=O) groups is 10. The fourth-order valence-corrected chi connectivity index (χ4v) is 14.5. The molecule has 7 rings (SSSR count). The fourth-order valence-electron chi connectivity index (χ4n) is 13.8. The number of nitrogens with zero attached hydrogens (tertiary/aromatic N) is 6. The minimum absolute atomic E-state index is 0.00593. The molecule has 23 N–H and O–H groups in total. The fraction of sp³-hybridized carbons (Fsp3) is 0.623. The van der Waals surface area contributed by atoms with Gasteiger partial charge in [-0.05, 0) is 112 Å². The summed E-state index contributed by atoms with van der Waals surface area (Å²) in [5.41, 5.74) is 37.4. The Morgan fingerprint density at radius 1 is 0.670 bits per heavy atom. The van der Waals surface area contributed by atoms with Crippen molar-refractivity contribution in [2.75, 3.05) is 45.9 Å². The first-order valence-corrected chi connectivity index (χ1v) is 33.0. The van der Waals surface area contributed by atoms with Crippen molar-refractivity contribution in [3.63, 3.8) is 0 Å². The molecule has 5 fully saturated rings. The summed E-state index contributed by atoms with van der Waals surface area (Å²) in [5, 5.41) is 49.8. The third-order valence-electron chi connectivity index (χ3n) is 18.3. The predicted molar refractivity (Wildman–Crippen MR) is 347 cm³/mol. The lowest BCUT2D eigenvalue weighted by atomic mass is 9.76. The van der Waals surface area contributed by atoms with E-state index >= 15 is 4.79 Å². The Morgan fingerprint density at radius 2 is 1.31 bits per heavy atom. The van der Waals surface area contributed by atoms with Crippen LogP contribution in [-0.2, 0) is 60.8 Å². The van der Waals surface area contributed by atoms with Crippen molar-refractivity contribution in [2.45, 2.75) is 188 Å². The van der Waals surface area contributed by atoms with Gasteiger partial charge in [0.15, 0.2) is 17.9 Å². The van der Waals surface area contributed by atoms with E-state index in [9.17, 15) is 58.5 Å². The zero-order valence-electron chi connectivity index (χ0n) is 52.8. The Hall–Kier alpha value is -8.69. The van der Waals surface area contributed by atoms with E-state index in [0.29, 0.717) is 36.1 Å². The van der Waals surface area contributed by atoms with E-state index in [1.165, 1.54) is 16.2 Å². The first-order chi connectivity index (χ1) is 44.8. The molecule has 0 radical (unpaired) electrons. The topological polar surface area (TPSA) is 533 Å². The molecule has 5 aliphatic rings. The van der Waals surface area contributed by atoms with Crippen molar-refractivity contribution >= 4 is 88.3 Å². The molecule has 1 aliphatic carbocycles. The lowest BCUT2D eigenvalue weighted by Gasteiger charge is -2.40. The third kappa shape index (κ3) is 19.2. The zero-order chi connectivity index (χ0) is 68.3. The van der Waals surface area contributed by atoms with Gasteiger partial charge < -0.3 is 102 Å². The van der Waals surface area contributed by atoms with Crippen LogP contribution in [0.25, 0.3) is 0 Å². The summed E-state index contributed by atoms with van der Waals surface area (Å²) in [4.78, 5) is 159. The van der Waals surface area contributed by atoms with E-state index in [-0.39, 0.29) is 121 Å². The van der Waals surface area contributed by atoms with E-state index in [4.69, 9.17) is 40.1 Å². The van der Waals surface area contributed by atoms with Crippen LogP contribution in [-0.4, -0.2) is 219 Å². The Balaban J connectivity index is 1.03. The van der Waals surface area contributed by atoms with Crippen LogP contribution >= 0.6 is 11.3 Å². The Labute approximate surface area is 548 Å². The molecule has 5 heterocycles. The molecule has 1 aromatic carbocycles. The van der Waals surface area contributed by atoms with Gasteiger partial charge in [-0.2, -0.15) is 0 Å². The summed E-state index contributed by atoms with van der Waals surface area (Å²) in [7, 11) is 0. The molecule has 33 heteroatoms. The number of fused-ring (bicyclic) bond motifs is 2. The van der Waals surface area contributed by atoms with Crippen LogP contribution in [0.3, 0.4) is 0 Å². The average Bonchev–Trinajstić information content (AvgIpc) is 1.56. The maximum absolute atomic E-state index is 15.8. The van der Waals surface area contributed by atoms with Gasteiger partial charge in [-0.1, -0.05) is 49.2 Å². The molecule has 1 saturated carbocycles. The SMILES string of the molecule is NC(N)=NCCC[C@@H](N)C(=O)N[C@@H](CCCN=C(N)N)C(=O)N1CCC[C@H]1C(=O)N1CC(O)C[C@H]1C(=O)NCC(=O)N[C@@H](Cc1cccs1)C(=O)N[C@@H](CO)C(=O)N[C@]1(Cc2ccccc2)CCCC2N(C1=O)[C@H](C(=O)N[C@@H](CCCN=C(N)N)C(=O)O)CC21CCCC1. The Bertz CT molecular complexity index is 3080. The number of likely N-dealkylation sites (tertiary alicyclic amines) is 2. The number of carboxylic acid groups (broad SMARTS) is 1. The number of thiophene rings is 1. The average molecular weight is 1330 g/mol. The third-order valence-corrected chi connectivity index (χ3v) is 19.2. The number of hydrogen-bond donors (Lipinski definition) is 16. The van der Waals surface area contributed by atoms with Gasteiger partial charge in [0.05, 0.1) is 25.3 Å². The number of benzene rings is 1. The number of hydrogen-bond acceptors (Lipinski definition) is 17. The highest BCUT2D eigenvalue weighted by Crippen LogP contribution is 2.55. The monoisotopic (exact) mass is 1330 g/mol. The predicted octanol–water partition coefficient (Wildman–Crippen LogP) is -4.32. The number of rotatable bonds is 32. The number of aliphatic hydroxyl groups is 2. The highest BCUT2D eigenvalue weighted by molar-refractivity contribution is 7.09. The first-order valence-electron chi connectivity index (χ1n) is 32.1. The molecule has 2 unspecified atom stereocenters. The molecular weight excluding hydrogens is 1240 g/mol. The number of carbonyl (C=O) groups excluding carboxylic acids is 9. The summed E-state index contributed by atoms with van der Waals surface area (Å²) in [5.74, 6) is -8.41. The highest BCUT2D eigenvalue weighted by atomic mass is 32.1. The van der Waals surface area contributed by atoms with Gasteiger partial charge in [0, 0.05) is 62.9 Å². The van der Waals surface area contributed by atoms with Crippen LogP contribution in [0.15, 0.2) is 62.8 Å². The lowest BCUT2D eigenvalue weighted by molar-refractivity contribution is -0.149. The van der Waals surface area contributed by atoms with Gasteiger partial charge in [-0.3, -0.25) is 58.1 Å². The number of aliphatic imine (C=N–C) groups is 3. The zero-order valence-corrected chi connectivity index (χ0v) is 53.7. The van der Waals surface area contributed by atoms with Crippen LogP contribution in [0.4, 0.5) is 0 Å². The first kappa shape index (κ1) is 72.7. The minimum atomic E-state index is -1.75. The number of nitrogens with two attached hydrogens (primary N) is 7. The second-order valence-electron chi connectivity index (χ2n) is 25.0. The maximum Gasteiger partial charge on any atom is 0.326 e. The molecule has 516 valence electrons. The Morgan fingerprint density at radius 3 is 1.93 bits per heavy atom. The van der Waals surface area contributed by atoms with Crippen molar-refractivity contribution < 1.29 is 63.3 Å². The highest BCUT2D eigenvalue weighted by Gasteiger charge is 2.61. The molecule has 32 nitrogen and oxygen atoms in total. The van der Waals surface area contributed by atoms with Crippen molar-refractivity contribution in [1.29, 1.82) is 0 Å². The number of nitrogens with one attached hydrogen (secondary N) is 6. The van der Waals surface area contributed by atoms with E-state index < -0.39 is 144 Å². The van der Waals surface area contributed by atoms with E-state index in [0.717, 1.165) is 30.6 Å². The number of guanidine groups is 3. The number of aliphatic carboxylic acids is 1. The summed E-state index contributed by atoms with van der Waals surface area (Å²) in [6.07, 6.45) is 4.59. The second-order valence-corrected chi connectivity index (χ2v) is 26.0. The summed E-state index contributed by atoms with van der Waals surface area (Å²) in [6, 6.07) is 1.75. The van der Waals surface area contributed by atoms with E-state index in [1.54, 1.807) is 52.7 Å². The molecule has 2 aromatic rings. The standard InChI is InChI=1S/C61H93N19O13S/c62-38(15-7-23-69-57(63)64)48(84)74-39(16-8-24-70-58(65)66)53(89)78-26-10-18-43(78)54(90)79-33-36(82)28-44(79)51(87)72-32-47(83)73-41(29-37-14-11-27-94-37)49(85)76-42(34-81)50(86)77-61(30-35-12-2-1-3-13-35)22-6-19-46-60(20-4-5-21-60)31-45(80(46)56(61)93)52(88)75-40(55(91)92)17-9-25-71-59(67)68/h1-3,11-14,27,36,38-46,81-82H,4-10,15-26,28-34,62H2,(H,72,87)(H,73,83)(H,74,84)(H,75,88)(H,76,85)(H,77,86)(H,91,92)(H4,63,64,69)(H4,65,66,70)(H4,67,68,71)/t36?,38-,39+,40+,41+,42+,43+,44+,45+,46?,61+/m1/s1. The number of carboxylic acids is 1. The molecule has 4 aliphatic heterocycles. The van der Waals surface area contributed by atoms with Crippen molar-refractivity contribution in [3.8, 4) is 0 Å². The van der Waals surface area contributed by atoms with Crippen molar-refractivity contribution in [2.24, 2.45) is 60.5 Å². The molecule has 0 bridgehead atoms. The van der Waals surface area contributed by atoms with Gasteiger partial charge in [-0.15, -0.1) is 11.3 Å². The molecule has 1 spiro atoms. The van der Waals surface area contributed by atoms with Crippen LogP contribution in [0.5, 0.6) is 0 Å². The summed E-state index contributed by atoms with van der Waals surface area (Å²) < 4.78 is 0. The number of amides is 9. The maximum atomic E-state index is 15.8. The summed E-state index contributed by atoms with van der Waals surface area (Å²) in [6.45, 7) is -1.38. The van der Waals surface area contributed by atoms with E-state index in [2.05, 4.69) is 46.9 Å². The number of β-amino-alcohol motifs (C(OH)–C–C–N with tert-alkyl or cyclic N) is 1. The normalized spacial score (nSPS) is 22.9. The smallest absolute Gasteiger partial charge is 0.326 e. The molecule has 1 aromatic heterocycles. The van der Waals surface area contributed by atoms with Crippen LogP contribution in [0.1, 0.15) is 120 Å². The molecule has 4 saturated heterocycles. The van der Waals surface area contributed by atoms with Gasteiger partial charge in [0.2, 0.25) is 53.2 Å². The summed E-state index contributed by atoms with van der Waals surface area (Å²) >= 11 is 1.27. The van der Waals surface area contributed by atoms with E-state index in [1.807, 2.05) is 0 Å². The van der Waals surface area contributed by atoms with Crippen LogP contribution in [0, 0.1) is 5.41 Å². The van der Waals surface area contributed by atoms with Gasteiger partial charge >= 0.3 is 5.97 Å². The van der Waals surface area contributed by atoms with Crippen LogP contribution < -0.4 is 72.0 Å². The van der Waals surface area contributed by atoms with Gasteiger partial charge in [-0.25, -0.2) is 4.79 Å². The van der Waals surface area contributed by atoms with Crippen molar-refractivity contribution in [1.82, 2.24) is 46.6 Å². The van der Waals surface area contributed by atoms with Gasteiger partial charge in [0.25, 0.3) is 0 Å². The largest absolute Gasteiger partial charge is 0.480 e. The molecule has 94 heavy (non-hydrogen) atoms. The number of aliphatic hydroxyl groups excluding tert-OH is 2. The van der Waals surface area contributed by atoms with Crippen LogP contribution in [0.2, 0.25) is 0 Å². The molecular formula is C61H93N19O13S. The quantitative estimate of drug-likeness (QED) is 0.0187. The second kappa shape index (κ2) is 33.9. The van der Waals surface area contributed by atoms with Crippen molar-refractivity contribution in [3.05, 3.63) is 58.3 Å². The minimum Gasteiger partial charge on any atom is -0.480 e. The molecule has 11 atom stereocenters. The lowest BCUT2D eigenvalue weighted by Crippen LogP contribution is -2.66.